The first-order chi connectivity index (χ1) is 10.0. The number of halogens is 1. The summed E-state index contributed by atoms with van der Waals surface area (Å²) < 4.78 is 1.58. The van der Waals surface area contributed by atoms with E-state index in [-0.39, 0.29) is 16.4 Å². The van der Waals surface area contributed by atoms with Gasteiger partial charge in [0.2, 0.25) is 0 Å². The van der Waals surface area contributed by atoms with E-state index in [2.05, 4.69) is 4.98 Å². The average molecular weight is 308 g/mol. The molecule has 0 unspecified atom stereocenters. The van der Waals surface area contributed by atoms with Gasteiger partial charge in [-0.15, -0.1) is 0 Å². The molecule has 1 heterocycles. The molecular weight excluding hydrogens is 294 g/mol. The van der Waals surface area contributed by atoms with Gasteiger partial charge >= 0.3 is 0 Å². The third-order valence-corrected chi connectivity index (χ3v) is 3.34. The van der Waals surface area contributed by atoms with Gasteiger partial charge in [0.1, 0.15) is 11.0 Å². The van der Waals surface area contributed by atoms with Crippen molar-refractivity contribution in [2.45, 2.75) is 26.3 Å². The Kier molecular flexibility index (Phi) is 4.70. The fourth-order valence-corrected chi connectivity index (χ4v) is 2.25. The molecule has 0 saturated carbocycles. The molecule has 0 N–H and O–H groups in total. The van der Waals surface area contributed by atoms with Crippen LogP contribution in [0.2, 0.25) is 5.15 Å². The molecule has 0 aliphatic carbocycles. The second-order valence-electron chi connectivity index (χ2n) is 4.51. The zero-order chi connectivity index (χ0) is 15.4. The number of non-ortho nitro benzene ring substituents is 1. The molecule has 1 aromatic carbocycles. The maximum absolute atomic E-state index is 11.9. The topological polar surface area (TPSA) is 78.0 Å². The lowest BCUT2D eigenvalue weighted by molar-refractivity contribution is -0.384. The summed E-state index contributed by atoms with van der Waals surface area (Å²) in [6, 6.07) is 7.59. The van der Waals surface area contributed by atoms with Crippen LogP contribution in [0.3, 0.4) is 0 Å². The van der Waals surface area contributed by atoms with E-state index >= 15 is 0 Å². The molecule has 0 bridgehead atoms. The number of nitro groups is 1. The smallest absolute Gasteiger partial charge is 0.269 e. The first kappa shape index (κ1) is 15.2. The highest BCUT2D eigenvalue weighted by atomic mass is 35.5. The fourth-order valence-electron chi connectivity index (χ4n) is 2.06. The molecule has 0 spiro atoms. The summed E-state index contributed by atoms with van der Waals surface area (Å²) >= 11 is 5.78. The molecule has 0 atom stereocenters. The monoisotopic (exact) mass is 307 g/mol. The Labute approximate surface area is 126 Å². The molecule has 21 heavy (non-hydrogen) atoms. The minimum atomic E-state index is -0.438. The van der Waals surface area contributed by atoms with E-state index in [0.717, 1.165) is 5.56 Å². The number of rotatable bonds is 5. The van der Waals surface area contributed by atoms with Crippen LogP contribution < -0.4 is 5.56 Å². The van der Waals surface area contributed by atoms with E-state index in [0.29, 0.717) is 25.2 Å². The molecule has 0 saturated heterocycles. The molecular formula is C14H14ClN3O3. The summed E-state index contributed by atoms with van der Waals surface area (Å²) in [6.45, 7) is 2.37. The summed E-state index contributed by atoms with van der Waals surface area (Å²) in [5.74, 6) is 0.634. The minimum absolute atomic E-state index is 0.0540. The molecule has 0 aliphatic rings. The lowest BCUT2D eigenvalue weighted by Crippen LogP contribution is -2.25. The summed E-state index contributed by atoms with van der Waals surface area (Å²) in [7, 11) is 0. The van der Waals surface area contributed by atoms with Gasteiger partial charge in [-0.25, -0.2) is 4.98 Å². The van der Waals surface area contributed by atoms with Crippen molar-refractivity contribution < 1.29 is 4.92 Å². The van der Waals surface area contributed by atoms with E-state index in [4.69, 9.17) is 11.6 Å². The van der Waals surface area contributed by atoms with Crippen molar-refractivity contribution in [3.05, 3.63) is 67.3 Å². The van der Waals surface area contributed by atoms with Crippen LogP contribution in [0, 0.1) is 10.1 Å². The third kappa shape index (κ3) is 3.66. The van der Waals surface area contributed by atoms with Crippen LogP contribution in [0.15, 0.2) is 35.1 Å². The summed E-state index contributed by atoms with van der Waals surface area (Å²) in [4.78, 5) is 26.2. The molecule has 2 rings (SSSR count). The Morgan fingerprint density at radius 2 is 2.00 bits per heavy atom. The van der Waals surface area contributed by atoms with Gasteiger partial charge in [-0.2, -0.15) is 0 Å². The van der Waals surface area contributed by atoms with Gasteiger partial charge in [-0.1, -0.05) is 30.7 Å². The average Bonchev–Trinajstić information content (AvgIpc) is 2.46. The van der Waals surface area contributed by atoms with Gasteiger partial charge in [0, 0.05) is 31.2 Å². The molecule has 0 radical (unpaired) electrons. The van der Waals surface area contributed by atoms with Crippen LogP contribution in [-0.2, 0) is 19.4 Å². The summed E-state index contributed by atoms with van der Waals surface area (Å²) in [6.07, 6.45) is 1.20. The Hall–Kier alpha value is -2.21. The van der Waals surface area contributed by atoms with E-state index in [1.54, 1.807) is 16.7 Å². The standard InChI is InChI=1S/C14H14ClN3O3/c1-2-13-16-12(15)9-14(19)17(13)8-7-10-3-5-11(6-4-10)18(20)21/h3-6,9H,2,7-8H2,1H3. The first-order valence-corrected chi connectivity index (χ1v) is 6.88. The SMILES string of the molecule is CCc1nc(Cl)cc(=O)n1CCc1ccc([N+](=O)[O-])cc1. The largest absolute Gasteiger partial charge is 0.296 e. The second kappa shape index (κ2) is 6.49. The van der Waals surface area contributed by atoms with Gasteiger partial charge < -0.3 is 0 Å². The van der Waals surface area contributed by atoms with Gasteiger partial charge in [-0.3, -0.25) is 19.5 Å². The number of aromatic nitrogens is 2. The molecule has 0 amide bonds. The Balaban J connectivity index is 2.16. The van der Waals surface area contributed by atoms with Crippen LogP contribution in [0.4, 0.5) is 5.69 Å². The number of nitro benzene ring substituents is 1. The lowest BCUT2D eigenvalue weighted by Gasteiger charge is -2.10. The molecule has 0 aliphatic heterocycles. The summed E-state index contributed by atoms with van der Waals surface area (Å²) in [5.41, 5.74) is 0.789. The zero-order valence-corrected chi connectivity index (χ0v) is 12.2. The fraction of sp³-hybridized carbons (Fsp3) is 0.286. The second-order valence-corrected chi connectivity index (χ2v) is 4.90. The number of hydrogen-bond acceptors (Lipinski definition) is 4. The van der Waals surface area contributed by atoms with E-state index in [1.807, 2.05) is 6.92 Å². The van der Waals surface area contributed by atoms with E-state index < -0.39 is 4.92 Å². The Morgan fingerprint density at radius 1 is 1.33 bits per heavy atom. The normalized spacial score (nSPS) is 10.6. The van der Waals surface area contributed by atoms with Crippen molar-refractivity contribution in [1.82, 2.24) is 9.55 Å². The van der Waals surface area contributed by atoms with Crippen LogP contribution in [0.1, 0.15) is 18.3 Å². The molecule has 2 aromatic rings. The number of aryl methyl sites for hydroxylation is 2. The quantitative estimate of drug-likeness (QED) is 0.483. The maximum Gasteiger partial charge on any atom is 0.269 e. The number of nitrogens with zero attached hydrogens (tertiary/aromatic N) is 3. The van der Waals surface area contributed by atoms with Crippen LogP contribution in [0.5, 0.6) is 0 Å². The Morgan fingerprint density at radius 3 is 2.57 bits per heavy atom. The van der Waals surface area contributed by atoms with Crippen LogP contribution >= 0.6 is 11.6 Å². The van der Waals surface area contributed by atoms with E-state index in [1.165, 1.54) is 18.2 Å². The lowest BCUT2D eigenvalue weighted by atomic mass is 10.1. The van der Waals surface area contributed by atoms with Crippen molar-refractivity contribution in [1.29, 1.82) is 0 Å². The van der Waals surface area contributed by atoms with Crippen molar-refractivity contribution in [2.75, 3.05) is 0 Å². The first-order valence-electron chi connectivity index (χ1n) is 6.51. The summed E-state index contributed by atoms with van der Waals surface area (Å²) in [5, 5.41) is 10.8. The number of benzene rings is 1. The maximum atomic E-state index is 11.9. The van der Waals surface area contributed by atoms with Gasteiger partial charge in [0.15, 0.2) is 0 Å². The predicted octanol–water partition coefficient (Wildman–Crippen LogP) is 2.61. The third-order valence-electron chi connectivity index (χ3n) is 3.14. The number of hydrogen-bond donors (Lipinski definition) is 0. The highest BCUT2D eigenvalue weighted by Crippen LogP contribution is 2.13. The predicted molar refractivity (Wildman–Crippen MR) is 79.7 cm³/mol. The van der Waals surface area contributed by atoms with Crippen molar-refractivity contribution >= 4 is 17.3 Å². The van der Waals surface area contributed by atoms with Crippen molar-refractivity contribution in [2.24, 2.45) is 0 Å². The molecule has 110 valence electrons. The highest BCUT2D eigenvalue weighted by Gasteiger charge is 2.08. The van der Waals surface area contributed by atoms with E-state index in [9.17, 15) is 14.9 Å². The van der Waals surface area contributed by atoms with Crippen LogP contribution in [0.25, 0.3) is 0 Å². The van der Waals surface area contributed by atoms with Gasteiger partial charge in [0.25, 0.3) is 11.2 Å². The van der Waals surface area contributed by atoms with Gasteiger partial charge in [0.05, 0.1) is 4.92 Å². The Bertz CT molecular complexity index is 710. The van der Waals surface area contributed by atoms with Crippen molar-refractivity contribution in [3.8, 4) is 0 Å². The van der Waals surface area contributed by atoms with Crippen molar-refractivity contribution in [3.63, 3.8) is 0 Å². The van der Waals surface area contributed by atoms with Gasteiger partial charge in [-0.05, 0) is 12.0 Å². The molecule has 0 fully saturated rings. The molecule has 7 heteroatoms. The highest BCUT2D eigenvalue weighted by molar-refractivity contribution is 6.29. The van der Waals surface area contributed by atoms with Crippen LogP contribution in [-0.4, -0.2) is 14.5 Å². The minimum Gasteiger partial charge on any atom is -0.296 e. The zero-order valence-electron chi connectivity index (χ0n) is 11.5. The molecule has 6 nitrogen and oxygen atoms in total. The molecule has 1 aromatic heterocycles.